The summed E-state index contributed by atoms with van der Waals surface area (Å²) in [4.78, 5) is 18.5. The van der Waals surface area contributed by atoms with Crippen LogP contribution in [0.1, 0.15) is 41.1 Å². The zero-order valence-electron chi connectivity index (χ0n) is 15.0. The molecule has 3 heterocycles. The van der Waals surface area contributed by atoms with E-state index in [2.05, 4.69) is 15.6 Å². The number of carbonyl (C=O) groups excluding carboxylic acids is 1. The van der Waals surface area contributed by atoms with Crippen molar-refractivity contribution in [3.8, 4) is 0 Å². The second-order valence-corrected chi connectivity index (χ2v) is 11.5. The lowest BCUT2D eigenvalue weighted by Gasteiger charge is -2.24. The lowest BCUT2D eigenvalue weighted by molar-refractivity contribution is 0.248. The van der Waals surface area contributed by atoms with Crippen molar-refractivity contribution in [2.45, 2.75) is 55.8 Å². The number of fused-ring (bicyclic) bond motifs is 1. The number of sulfonamides is 1. The lowest BCUT2D eigenvalue weighted by Crippen LogP contribution is -2.36. The molecule has 146 valence electrons. The Hall–Kier alpha value is -1.49. The molecule has 10 heteroatoms. The number of anilines is 1. The molecule has 1 aliphatic heterocycles. The number of nitrogens with zero attached hydrogens (tertiary/aromatic N) is 2. The van der Waals surface area contributed by atoms with E-state index in [9.17, 15) is 13.2 Å². The minimum Gasteiger partial charge on any atom is -0.335 e. The van der Waals surface area contributed by atoms with Gasteiger partial charge in [-0.3, -0.25) is 5.32 Å². The molecule has 2 N–H and O–H groups in total. The van der Waals surface area contributed by atoms with Crippen molar-refractivity contribution in [2.75, 3.05) is 11.9 Å². The number of carbonyl (C=O) groups is 1. The van der Waals surface area contributed by atoms with Gasteiger partial charge in [0, 0.05) is 28.8 Å². The molecule has 2 aliphatic rings. The molecule has 0 saturated heterocycles. The van der Waals surface area contributed by atoms with Crippen molar-refractivity contribution in [3.63, 3.8) is 0 Å². The first-order valence-electron chi connectivity index (χ1n) is 9.04. The van der Waals surface area contributed by atoms with Crippen LogP contribution >= 0.6 is 22.7 Å². The Balaban J connectivity index is 1.43. The molecule has 27 heavy (non-hydrogen) atoms. The van der Waals surface area contributed by atoms with Gasteiger partial charge in [-0.15, -0.1) is 11.3 Å². The summed E-state index contributed by atoms with van der Waals surface area (Å²) >= 11 is 2.65. The first-order chi connectivity index (χ1) is 12.9. The van der Waals surface area contributed by atoms with Crippen LogP contribution in [-0.4, -0.2) is 36.3 Å². The zero-order valence-corrected chi connectivity index (χ0v) is 17.5. The van der Waals surface area contributed by atoms with Crippen LogP contribution in [0.15, 0.2) is 16.3 Å². The van der Waals surface area contributed by atoms with E-state index in [0.29, 0.717) is 28.9 Å². The van der Waals surface area contributed by atoms with E-state index in [4.69, 9.17) is 0 Å². The molecule has 1 fully saturated rings. The Morgan fingerprint density at radius 1 is 1.26 bits per heavy atom. The SMILES string of the molecule is Cc1ccc(S(=O)(=O)N2CCc3nc(NC(=O)NC4CCCC4)sc3C2)s1. The van der Waals surface area contributed by atoms with E-state index in [-0.39, 0.29) is 12.1 Å². The molecule has 0 spiro atoms. The van der Waals surface area contributed by atoms with Crippen LogP contribution in [0, 0.1) is 6.92 Å². The largest absolute Gasteiger partial charge is 0.335 e. The predicted molar refractivity (Wildman–Crippen MR) is 107 cm³/mol. The van der Waals surface area contributed by atoms with Crippen molar-refractivity contribution in [2.24, 2.45) is 0 Å². The van der Waals surface area contributed by atoms with Crippen LogP contribution in [0.4, 0.5) is 9.93 Å². The fraction of sp³-hybridized carbons (Fsp3) is 0.529. The Kier molecular flexibility index (Phi) is 5.23. The van der Waals surface area contributed by atoms with Crippen LogP contribution in [0.2, 0.25) is 0 Å². The summed E-state index contributed by atoms with van der Waals surface area (Å²) in [6, 6.07) is 3.50. The molecule has 1 saturated carbocycles. The van der Waals surface area contributed by atoms with Gasteiger partial charge in [0.15, 0.2) is 5.13 Å². The third kappa shape index (κ3) is 4.03. The molecule has 0 radical (unpaired) electrons. The highest BCUT2D eigenvalue weighted by Gasteiger charge is 2.31. The van der Waals surface area contributed by atoms with Gasteiger partial charge >= 0.3 is 6.03 Å². The van der Waals surface area contributed by atoms with Gasteiger partial charge in [0.05, 0.1) is 12.2 Å². The van der Waals surface area contributed by atoms with Gasteiger partial charge in [0.25, 0.3) is 10.0 Å². The van der Waals surface area contributed by atoms with E-state index in [0.717, 1.165) is 41.1 Å². The fourth-order valence-corrected chi connectivity index (χ4v) is 7.44. The number of rotatable bonds is 4. The maximum atomic E-state index is 12.8. The summed E-state index contributed by atoms with van der Waals surface area (Å²) < 4.78 is 27.5. The first-order valence-corrected chi connectivity index (χ1v) is 12.1. The second-order valence-electron chi connectivity index (χ2n) is 6.92. The highest BCUT2D eigenvalue weighted by atomic mass is 32.2. The number of hydrogen-bond acceptors (Lipinski definition) is 6. The van der Waals surface area contributed by atoms with Gasteiger partial charge in [0.1, 0.15) is 4.21 Å². The standard InChI is InChI=1S/C17H22N4O3S3/c1-11-6-7-15(25-11)27(23,24)21-9-8-13-14(10-21)26-17(19-13)20-16(22)18-12-4-2-3-5-12/h6-7,12H,2-5,8-10H2,1H3,(H2,18,19,20,22). The van der Waals surface area contributed by atoms with Crippen LogP contribution < -0.4 is 10.6 Å². The topological polar surface area (TPSA) is 91.4 Å². The van der Waals surface area contributed by atoms with E-state index < -0.39 is 10.0 Å². The van der Waals surface area contributed by atoms with Crippen LogP contribution in [0.25, 0.3) is 0 Å². The second kappa shape index (κ2) is 7.50. The number of aromatic nitrogens is 1. The minimum atomic E-state index is -3.48. The normalized spacial score (nSPS) is 18.4. The van der Waals surface area contributed by atoms with Crippen LogP contribution in [0.5, 0.6) is 0 Å². The number of aryl methyl sites for hydroxylation is 1. The molecule has 2 amide bonds. The Bertz CT molecular complexity index is 945. The molecule has 0 atom stereocenters. The van der Waals surface area contributed by atoms with Crippen LogP contribution in [-0.2, 0) is 23.0 Å². The third-order valence-corrected chi connectivity index (χ3v) is 9.23. The number of thiazole rings is 1. The molecular formula is C17H22N4O3S3. The highest BCUT2D eigenvalue weighted by molar-refractivity contribution is 7.91. The lowest BCUT2D eigenvalue weighted by atomic mass is 10.2. The van der Waals surface area contributed by atoms with E-state index in [1.807, 2.05) is 13.0 Å². The zero-order chi connectivity index (χ0) is 19.0. The number of urea groups is 1. The molecule has 0 bridgehead atoms. The maximum Gasteiger partial charge on any atom is 0.321 e. The summed E-state index contributed by atoms with van der Waals surface area (Å²) in [5, 5.41) is 6.31. The van der Waals surface area contributed by atoms with Gasteiger partial charge in [-0.05, 0) is 31.9 Å². The summed E-state index contributed by atoms with van der Waals surface area (Å²) in [7, 11) is -3.48. The van der Waals surface area contributed by atoms with Crippen molar-refractivity contribution < 1.29 is 13.2 Å². The molecule has 2 aromatic heterocycles. The number of thiophene rings is 1. The van der Waals surface area contributed by atoms with E-state index in [1.165, 1.54) is 27.0 Å². The molecule has 7 nitrogen and oxygen atoms in total. The molecule has 0 aromatic carbocycles. The summed E-state index contributed by atoms with van der Waals surface area (Å²) in [6.45, 7) is 2.61. The fourth-order valence-electron chi connectivity index (χ4n) is 3.50. The molecular weight excluding hydrogens is 404 g/mol. The summed E-state index contributed by atoms with van der Waals surface area (Å²) in [6.07, 6.45) is 4.92. The van der Waals surface area contributed by atoms with Crippen LogP contribution in [0.3, 0.4) is 0 Å². The Morgan fingerprint density at radius 2 is 2.04 bits per heavy atom. The number of amides is 2. The maximum absolute atomic E-state index is 12.8. The van der Waals surface area contributed by atoms with Gasteiger partial charge in [0.2, 0.25) is 0 Å². The first kappa shape index (κ1) is 18.9. The quantitative estimate of drug-likeness (QED) is 0.784. The number of nitrogens with one attached hydrogen (secondary N) is 2. The average molecular weight is 427 g/mol. The molecule has 0 unspecified atom stereocenters. The van der Waals surface area contributed by atoms with Gasteiger partial charge in [-0.1, -0.05) is 24.2 Å². The summed E-state index contributed by atoms with van der Waals surface area (Å²) in [5.74, 6) is 0. The van der Waals surface area contributed by atoms with Crippen molar-refractivity contribution in [3.05, 3.63) is 27.6 Å². The molecule has 4 rings (SSSR count). The molecule has 2 aromatic rings. The Labute approximate surface area is 166 Å². The van der Waals surface area contributed by atoms with E-state index >= 15 is 0 Å². The monoisotopic (exact) mass is 426 g/mol. The van der Waals surface area contributed by atoms with Gasteiger partial charge in [-0.2, -0.15) is 4.31 Å². The number of hydrogen-bond donors (Lipinski definition) is 2. The summed E-state index contributed by atoms with van der Waals surface area (Å²) in [5.41, 5.74) is 0.880. The Morgan fingerprint density at radius 3 is 2.74 bits per heavy atom. The van der Waals surface area contributed by atoms with Gasteiger partial charge in [-0.25, -0.2) is 18.2 Å². The van der Waals surface area contributed by atoms with E-state index in [1.54, 1.807) is 6.07 Å². The van der Waals surface area contributed by atoms with Gasteiger partial charge < -0.3 is 5.32 Å². The smallest absolute Gasteiger partial charge is 0.321 e. The van der Waals surface area contributed by atoms with Crippen molar-refractivity contribution in [1.82, 2.24) is 14.6 Å². The highest BCUT2D eigenvalue weighted by Crippen LogP contribution is 2.32. The predicted octanol–water partition coefficient (Wildman–Crippen LogP) is 3.32. The van der Waals surface area contributed by atoms with Crippen molar-refractivity contribution >= 4 is 43.9 Å². The average Bonchev–Trinajstić information content (AvgIpc) is 3.34. The molecule has 1 aliphatic carbocycles. The minimum absolute atomic E-state index is 0.230. The third-order valence-electron chi connectivity index (χ3n) is 4.92. The van der Waals surface area contributed by atoms with Crippen molar-refractivity contribution in [1.29, 1.82) is 0 Å².